The van der Waals surface area contributed by atoms with E-state index in [0.717, 1.165) is 17.2 Å². The Balaban J connectivity index is 1.27. The molecule has 8 nitrogen and oxygen atoms in total. The van der Waals surface area contributed by atoms with Crippen molar-refractivity contribution in [2.24, 2.45) is 0 Å². The van der Waals surface area contributed by atoms with E-state index in [9.17, 15) is 14.0 Å². The lowest BCUT2D eigenvalue weighted by Crippen LogP contribution is -2.35. The normalized spacial score (nSPS) is 10.6. The van der Waals surface area contributed by atoms with E-state index in [0.29, 0.717) is 34.8 Å². The number of pyridine rings is 1. The van der Waals surface area contributed by atoms with Crippen LogP contribution in [0.4, 0.5) is 14.9 Å². The summed E-state index contributed by atoms with van der Waals surface area (Å²) >= 11 is 0. The number of fused-ring (bicyclic) bond motifs is 1. The van der Waals surface area contributed by atoms with Gasteiger partial charge in [-0.2, -0.15) is 0 Å². The van der Waals surface area contributed by atoms with E-state index < -0.39 is 17.8 Å². The van der Waals surface area contributed by atoms with Crippen molar-refractivity contribution < 1.29 is 28.2 Å². The third-order valence-corrected chi connectivity index (χ3v) is 6.09. The number of hydrogen-bond donors (Lipinski definition) is 2. The molecule has 9 heteroatoms. The maximum absolute atomic E-state index is 15.0. The molecule has 0 bridgehead atoms. The van der Waals surface area contributed by atoms with Gasteiger partial charge in [0.25, 0.3) is 0 Å². The Morgan fingerprint density at radius 3 is 2.24 bits per heavy atom. The highest BCUT2D eigenvalue weighted by Gasteiger charge is 2.15. The smallest absolute Gasteiger partial charge is 0.325 e. The minimum absolute atomic E-state index is 0.0424. The lowest BCUT2D eigenvalue weighted by Gasteiger charge is -2.14. The SMILES string of the molecule is COc1cc2c(Oc3ccc(NC(=O)NC(=O)Cc4ccccc4)cc3F)ccnc2cc1OCc1ccccc1. The van der Waals surface area contributed by atoms with Crippen molar-refractivity contribution in [2.75, 3.05) is 12.4 Å². The third kappa shape index (κ3) is 6.96. The van der Waals surface area contributed by atoms with Crippen molar-refractivity contribution in [2.45, 2.75) is 13.0 Å². The number of ether oxygens (including phenoxy) is 3. The Morgan fingerprint density at radius 2 is 1.54 bits per heavy atom. The fourth-order valence-corrected chi connectivity index (χ4v) is 4.12. The summed E-state index contributed by atoms with van der Waals surface area (Å²) in [5.74, 6) is 0.0782. The van der Waals surface area contributed by atoms with Crippen LogP contribution in [0.15, 0.2) is 103 Å². The van der Waals surface area contributed by atoms with E-state index in [-0.39, 0.29) is 17.9 Å². The average Bonchev–Trinajstić information content (AvgIpc) is 2.98. The monoisotopic (exact) mass is 551 g/mol. The van der Waals surface area contributed by atoms with E-state index in [1.165, 1.54) is 19.2 Å². The van der Waals surface area contributed by atoms with Gasteiger partial charge in [0.1, 0.15) is 12.4 Å². The number of hydrogen-bond acceptors (Lipinski definition) is 6. The number of nitrogens with zero attached hydrogens (tertiary/aromatic N) is 1. The molecule has 0 spiro atoms. The first-order valence-electron chi connectivity index (χ1n) is 12.7. The minimum Gasteiger partial charge on any atom is -0.493 e. The van der Waals surface area contributed by atoms with E-state index in [1.54, 1.807) is 48.7 Å². The molecular formula is C32H26FN3O5. The van der Waals surface area contributed by atoms with Crippen LogP contribution in [0.25, 0.3) is 10.9 Å². The van der Waals surface area contributed by atoms with Crippen LogP contribution in [-0.4, -0.2) is 24.0 Å². The van der Waals surface area contributed by atoms with E-state index in [4.69, 9.17) is 14.2 Å². The average molecular weight is 552 g/mol. The molecule has 0 aliphatic rings. The van der Waals surface area contributed by atoms with Crippen LogP contribution in [0.2, 0.25) is 0 Å². The van der Waals surface area contributed by atoms with Crippen molar-refractivity contribution in [3.63, 3.8) is 0 Å². The summed E-state index contributed by atoms with van der Waals surface area (Å²) in [6, 6.07) is 27.0. The molecule has 2 N–H and O–H groups in total. The highest BCUT2D eigenvalue weighted by atomic mass is 19.1. The zero-order valence-corrected chi connectivity index (χ0v) is 22.1. The molecule has 206 valence electrons. The second-order valence-electron chi connectivity index (χ2n) is 9.02. The maximum Gasteiger partial charge on any atom is 0.325 e. The molecule has 0 radical (unpaired) electrons. The molecule has 1 aromatic heterocycles. The van der Waals surface area contributed by atoms with Crippen molar-refractivity contribution >= 4 is 28.5 Å². The molecule has 0 saturated carbocycles. The summed E-state index contributed by atoms with van der Waals surface area (Å²) in [5, 5.41) is 5.28. The standard InChI is InChI=1S/C32H26FN3O5/c1-39-29-18-24-26(19-30(29)40-20-22-10-6-3-7-11-22)34-15-14-27(24)41-28-13-12-23(17-25(28)33)35-32(38)36-31(37)16-21-8-4-2-5-9-21/h2-15,17-19H,16,20H2,1H3,(H2,35,36,37,38). The number of imide groups is 1. The fraction of sp³-hybridized carbons (Fsp3) is 0.0938. The van der Waals surface area contributed by atoms with Crippen LogP contribution in [0.5, 0.6) is 23.0 Å². The summed E-state index contributed by atoms with van der Waals surface area (Å²) in [6.45, 7) is 0.351. The number of methoxy groups -OCH3 is 1. The molecule has 0 unspecified atom stereocenters. The van der Waals surface area contributed by atoms with Crippen LogP contribution < -0.4 is 24.8 Å². The van der Waals surface area contributed by atoms with Gasteiger partial charge in [-0.15, -0.1) is 0 Å². The Morgan fingerprint density at radius 1 is 0.805 bits per heavy atom. The second kappa shape index (κ2) is 12.6. The molecule has 0 aliphatic heterocycles. The molecule has 3 amide bonds. The number of anilines is 1. The third-order valence-electron chi connectivity index (χ3n) is 6.09. The first kappa shape index (κ1) is 27.1. The largest absolute Gasteiger partial charge is 0.493 e. The van der Waals surface area contributed by atoms with Crippen LogP contribution in [0.3, 0.4) is 0 Å². The molecule has 1 heterocycles. The van der Waals surface area contributed by atoms with Gasteiger partial charge in [-0.1, -0.05) is 60.7 Å². The summed E-state index contributed by atoms with van der Waals surface area (Å²) < 4.78 is 32.4. The number of carbonyl (C=O) groups is 2. The van der Waals surface area contributed by atoms with Gasteiger partial charge in [-0.3, -0.25) is 15.1 Å². The van der Waals surface area contributed by atoms with Gasteiger partial charge in [-0.05, 0) is 35.4 Å². The van der Waals surface area contributed by atoms with E-state index in [2.05, 4.69) is 15.6 Å². The summed E-state index contributed by atoms with van der Waals surface area (Å²) in [7, 11) is 1.53. The van der Waals surface area contributed by atoms with E-state index >= 15 is 0 Å². The van der Waals surface area contributed by atoms with Gasteiger partial charge in [-0.25, -0.2) is 9.18 Å². The van der Waals surface area contributed by atoms with Crippen molar-refractivity contribution in [1.29, 1.82) is 0 Å². The molecule has 4 aromatic carbocycles. The summed E-state index contributed by atoms with van der Waals surface area (Å²) in [4.78, 5) is 28.8. The highest BCUT2D eigenvalue weighted by Crippen LogP contribution is 2.38. The Bertz CT molecular complexity index is 1680. The first-order chi connectivity index (χ1) is 20.0. The summed E-state index contributed by atoms with van der Waals surface area (Å²) in [5.41, 5.74) is 2.50. The van der Waals surface area contributed by atoms with Gasteiger partial charge < -0.3 is 19.5 Å². The topological polar surface area (TPSA) is 98.8 Å². The van der Waals surface area contributed by atoms with Crippen LogP contribution >= 0.6 is 0 Å². The van der Waals surface area contributed by atoms with Gasteiger partial charge in [0.05, 0.1) is 19.0 Å². The quantitative estimate of drug-likeness (QED) is 0.213. The number of nitrogens with one attached hydrogen (secondary N) is 2. The Labute approximate surface area is 235 Å². The van der Waals surface area contributed by atoms with Gasteiger partial charge in [0.2, 0.25) is 5.91 Å². The zero-order valence-electron chi connectivity index (χ0n) is 22.1. The molecular weight excluding hydrogens is 525 g/mol. The molecule has 5 aromatic rings. The predicted molar refractivity (Wildman–Crippen MR) is 153 cm³/mol. The number of urea groups is 1. The number of carbonyl (C=O) groups excluding carboxylic acids is 2. The fourth-order valence-electron chi connectivity index (χ4n) is 4.12. The van der Waals surface area contributed by atoms with Crippen LogP contribution in [0.1, 0.15) is 11.1 Å². The van der Waals surface area contributed by atoms with Crippen LogP contribution in [0, 0.1) is 5.82 Å². The number of aromatic nitrogens is 1. The summed E-state index contributed by atoms with van der Waals surface area (Å²) in [6.07, 6.45) is 1.59. The maximum atomic E-state index is 15.0. The molecule has 0 atom stereocenters. The minimum atomic E-state index is -0.767. The van der Waals surface area contributed by atoms with Crippen molar-refractivity contribution in [3.05, 3.63) is 120 Å². The number of rotatable bonds is 9. The molecule has 41 heavy (non-hydrogen) atoms. The lowest BCUT2D eigenvalue weighted by atomic mass is 10.1. The molecule has 0 saturated heterocycles. The highest BCUT2D eigenvalue weighted by molar-refractivity contribution is 6.01. The number of halogens is 1. The molecule has 0 fully saturated rings. The van der Waals surface area contributed by atoms with Crippen molar-refractivity contribution in [1.82, 2.24) is 10.3 Å². The second-order valence-corrected chi connectivity index (χ2v) is 9.02. The number of benzene rings is 4. The Hall–Kier alpha value is -5.44. The van der Waals surface area contributed by atoms with Gasteiger partial charge in [0.15, 0.2) is 23.1 Å². The van der Waals surface area contributed by atoms with E-state index in [1.807, 2.05) is 36.4 Å². The van der Waals surface area contributed by atoms with Gasteiger partial charge in [0, 0.05) is 29.4 Å². The predicted octanol–water partition coefficient (Wildman–Crippen LogP) is 6.64. The zero-order chi connectivity index (χ0) is 28.6. The first-order valence-corrected chi connectivity index (χ1v) is 12.7. The van der Waals surface area contributed by atoms with Crippen LogP contribution in [-0.2, 0) is 17.8 Å². The lowest BCUT2D eigenvalue weighted by molar-refractivity contribution is -0.119. The van der Waals surface area contributed by atoms with Gasteiger partial charge >= 0.3 is 6.03 Å². The number of amides is 3. The molecule has 0 aliphatic carbocycles. The Kier molecular flexibility index (Phi) is 8.35. The molecule has 5 rings (SSSR count). The van der Waals surface area contributed by atoms with Crippen molar-refractivity contribution in [3.8, 4) is 23.0 Å².